The van der Waals surface area contributed by atoms with E-state index in [4.69, 9.17) is 0 Å². The third-order valence-electron chi connectivity index (χ3n) is 6.91. The van der Waals surface area contributed by atoms with Gasteiger partial charge in [-0.25, -0.2) is 8.78 Å². The van der Waals surface area contributed by atoms with Crippen molar-refractivity contribution in [2.75, 3.05) is 13.1 Å². The normalized spacial score (nSPS) is 19.7. The molecule has 1 aliphatic carbocycles. The van der Waals surface area contributed by atoms with Crippen LogP contribution in [-0.2, 0) is 4.79 Å². The van der Waals surface area contributed by atoms with Crippen molar-refractivity contribution in [3.63, 3.8) is 0 Å². The van der Waals surface area contributed by atoms with Crippen LogP contribution in [0.2, 0.25) is 0 Å². The second-order valence-electron chi connectivity index (χ2n) is 8.64. The summed E-state index contributed by atoms with van der Waals surface area (Å²) in [6, 6.07) is 3.37. The number of nitrogens with zero attached hydrogens (tertiary/aromatic N) is 3. The Hall–Kier alpha value is -3.29. The first-order chi connectivity index (χ1) is 14.8. The number of fused-ring (bicyclic) bond motifs is 1. The molecule has 6 nitrogen and oxygen atoms in total. The summed E-state index contributed by atoms with van der Waals surface area (Å²) < 4.78 is 27.5. The standard InChI is InChI=1S/C23H22F2N4O2/c1-3-19(30)29-10-23(11-29)6-4-5-16(23)20-12(2)14-9-18(27-28-22(14)26-20)15-7-13(24)8-17(25)21(15)31/h3,7-9,16,31H,1,4-6,10-11H2,2H3,(H,26,28)/t16-/m1/s1. The number of aromatic hydroxyl groups is 1. The number of halogens is 2. The first kappa shape index (κ1) is 19.7. The van der Waals surface area contributed by atoms with E-state index in [1.807, 2.05) is 11.8 Å². The van der Waals surface area contributed by atoms with Gasteiger partial charge in [-0.05, 0) is 43.5 Å². The summed E-state index contributed by atoms with van der Waals surface area (Å²) in [4.78, 5) is 17.2. The number of aryl methyl sites for hydroxylation is 1. The first-order valence-electron chi connectivity index (χ1n) is 10.3. The molecule has 1 spiro atoms. The van der Waals surface area contributed by atoms with E-state index < -0.39 is 17.4 Å². The lowest BCUT2D eigenvalue weighted by molar-refractivity contribution is -0.138. The zero-order chi connectivity index (χ0) is 21.9. The molecule has 0 bridgehead atoms. The number of amides is 1. The Bertz CT molecular complexity index is 1230. The lowest BCUT2D eigenvalue weighted by Gasteiger charge is -2.51. The predicted molar refractivity (Wildman–Crippen MR) is 111 cm³/mol. The Morgan fingerprint density at radius 2 is 2.10 bits per heavy atom. The van der Waals surface area contributed by atoms with Crippen molar-refractivity contribution in [1.29, 1.82) is 0 Å². The number of nitrogens with one attached hydrogen (secondary N) is 1. The molecule has 3 heterocycles. The maximum absolute atomic E-state index is 13.8. The third kappa shape index (κ3) is 2.92. The van der Waals surface area contributed by atoms with Gasteiger partial charge in [-0.1, -0.05) is 13.0 Å². The Morgan fingerprint density at radius 1 is 1.32 bits per heavy atom. The first-order valence-corrected chi connectivity index (χ1v) is 10.3. The number of H-pyrrole nitrogens is 1. The molecule has 2 aliphatic rings. The average molecular weight is 424 g/mol. The molecule has 31 heavy (non-hydrogen) atoms. The maximum atomic E-state index is 13.8. The molecule has 2 fully saturated rings. The fourth-order valence-electron chi connectivity index (χ4n) is 5.34. The number of aromatic amines is 1. The molecule has 1 atom stereocenters. The van der Waals surface area contributed by atoms with Crippen LogP contribution < -0.4 is 0 Å². The van der Waals surface area contributed by atoms with Gasteiger partial charge in [0, 0.05) is 47.1 Å². The van der Waals surface area contributed by atoms with E-state index in [0.29, 0.717) is 24.8 Å². The van der Waals surface area contributed by atoms with Crippen molar-refractivity contribution >= 4 is 16.9 Å². The Kier molecular flexibility index (Phi) is 4.35. The van der Waals surface area contributed by atoms with Crippen molar-refractivity contribution < 1.29 is 18.7 Å². The summed E-state index contributed by atoms with van der Waals surface area (Å²) in [6.07, 6.45) is 4.51. The van der Waals surface area contributed by atoms with Gasteiger partial charge in [-0.15, -0.1) is 10.2 Å². The number of phenols is 1. The van der Waals surface area contributed by atoms with E-state index in [1.165, 1.54) is 6.08 Å². The highest BCUT2D eigenvalue weighted by Crippen LogP contribution is 2.55. The molecular weight excluding hydrogens is 402 g/mol. The minimum absolute atomic E-state index is 0.0380. The Labute approximate surface area is 177 Å². The number of aromatic nitrogens is 3. The van der Waals surface area contributed by atoms with E-state index in [1.54, 1.807) is 6.07 Å². The number of hydrogen-bond acceptors (Lipinski definition) is 4. The van der Waals surface area contributed by atoms with E-state index in [2.05, 4.69) is 21.8 Å². The van der Waals surface area contributed by atoms with E-state index >= 15 is 0 Å². The number of carbonyl (C=O) groups is 1. The predicted octanol–water partition coefficient (Wildman–Crippen LogP) is 4.20. The van der Waals surface area contributed by atoms with Crippen molar-refractivity contribution in [1.82, 2.24) is 20.1 Å². The molecule has 1 amide bonds. The van der Waals surface area contributed by atoms with Crippen LogP contribution in [0.4, 0.5) is 8.78 Å². The fraction of sp³-hybridized carbons (Fsp3) is 0.348. The number of benzene rings is 1. The highest BCUT2D eigenvalue weighted by atomic mass is 19.1. The lowest BCUT2D eigenvalue weighted by Crippen LogP contribution is -2.59. The number of carbonyl (C=O) groups excluding carboxylic acids is 1. The topological polar surface area (TPSA) is 82.1 Å². The zero-order valence-electron chi connectivity index (χ0n) is 17.1. The van der Waals surface area contributed by atoms with Gasteiger partial charge in [0.1, 0.15) is 5.82 Å². The molecule has 8 heteroatoms. The van der Waals surface area contributed by atoms with Crippen LogP contribution in [0.5, 0.6) is 5.75 Å². The van der Waals surface area contributed by atoms with E-state index in [9.17, 15) is 18.7 Å². The number of likely N-dealkylation sites (tertiary alicyclic amines) is 1. The second-order valence-corrected chi connectivity index (χ2v) is 8.64. The molecule has 1 aromatic carbocycles. The minimum atomic E-state index is -1.04. The van der Waals surface area contributed by atoms with Gasteiger partial charge in [-0.3, -0.25) is 4.79 Å². The van der Waals surface area contributed by atoms with Crippen molar-refractivity contribution in [2.45, 2.75) is 32.1 Å². The third-order valence-corrected chi connectivity index (χ3v) is 6.91. The molecule has 0 unspecified atom stereocenters. The molecule has 2 N–H and O–H groups in total. The molecule has 1 saturated carbocycles. The summed E-state index contributed by atoms with van der Waals surface area (Å²) in [5, 5.41) is 19.1. The minimum Gasteiger partial charge on any atom is -0.504 e. The molecule has 3 aromatic rings. The van der Waals surface area contributed by atoms with E-state index in [0.717, 1.165) is 42.0 Å². The van der Waals surface area contributed by atoms with Gasteiger partial charge in [-0.2, -0.15) is 0 Å². The Balaban J connectivity index is 1.53. The summed E-state index contributed by atoms with van der Waals surface area (Å²) in [6.45, 7) is 6.99. The smallest absolute Gasteiger partial charge is 0.245 e. The monoisotopic (exact) mass is 424 g/mol. The molecule has 160 valence electrons. The van der Waals surface area contributed by atoms with Crippen LogP contribution in [0.15, 0.2) is 30.9 Å². The molecule has 0 radical (unpaired) electrons. The molecule has 1 saturated heterocycles. The lowest BCUT2D eigenvalue weighted by atomic mass is 9.69. The largest absolute Gasteiger partial charge is 0.504 e. The second kappa shape index (κ2) is 6.87. The SMILES string of the molecule is C=CC(=O)N1CC2(CCC[C@@H]2c2[nH]c3nnc(-c4cc(F)cc(F)c4O)cc3c2C)C1. The molecule has 1 aliphatic heterocycles. The number of rotatable bonds is 3. The number of phenolic OH excluding ortho intramolecular Hbond substituents is 1. The van der Waals surface area contributed by atoms with Crippen LogP contribution in [0, 0.1) is 24.0 Å². The quantitative estimate of drug-likeness (QED) is 0.618. The summed E-state index contributed by atoms with van der Waals surface area (Å²) >= 11 is 0. The zero-order valence-corrected chi connectivity index (χ0v) is 17.1. The van der Waals surface area contributed by atoms with Gasteiger partial charge in [0.2, 0.25) is 5.91 Å². The molecular formula is C23H22F2N4O2. The maximum Gasteiger partial charge on any atom is 0.245 e. The summed E-state index contributed by atoms with van der Waals surface area (Å²) in [7, 11) is 0. The average Bonchev–Trinajstić information content (AvgIpc) is 3.30. The van der Waals surface area contributed by atoms with Gasteiger partial charge in [0.15, 0.2) is 17.2 Å². The fourth-order valence-corrected chi connectivity index (χ4v) is 5.34. The van der Waals surface area contributed by atoms with Gasteiger partial charge in [0.05, 0.1) is 5.69 Å². The summed E-state index contributed by atoms with van der Waals surface area (Å²) in [5.74, 6) is -2.27. The molecule has 5 rings (SSSR count). The van der Waals surface area contributed by atoms with Crippen LogP contribution in [-0.4, -0.2) is 44.2 Å². The van der Waals surface area contributed by atoms with Crippen LogP contribution >= 0.6 is 0 Å². The van der Waals surface area contributed by atoms with Gasteiger partial charge in [0.25, 0.3) is 0 Å². The van der Waals surface area contributed by atoms with Crippen LogP contribution in [0.25, 0.3) is 22.3 Å². The van der Waals surface area contributed by atoms with Crippen LogP contribution in [0.1, 0.15) is 36.4 Å². The Morgan fingerprint density at radius 3 is 2.84 bits per heavy atom. The van der Waals surface area contributed by atoms with Crippen molar-refractivity contribution in [2.24, 2.45) is 5.41 Å². The van der Waals surface area contributed by atoms with Gasteiger partial charge >= 0.3 is 0 Å². The van der Waals surface area contributed by atoms with Gasteiger partial charge < -0.3 is 15.0 Å². The molecule has 2 aromatic heterocycles. The number of hydrogen-bond donors (Lipinski definition) is 2. The van der Waals surface area contributed by atoms with Crippen LogP contribution in [0.3, 0.4) is 0 Å². The highest BCUT2D eigenvalue weighted by Gasteiger charge is 2.53. The van der Waals surface area contributed by atoms with E-state index in [-0.39, 0.29) is 28.5 Å². The van der Waals surface area contributed by atoms with Crippen molar-refractivity contribution in [3.05, 3.63) is 53.7 Å². The highest BCUT2D eigenvalue weighted by molar-refractivity contribution is 5.88. The summed E-state index contributed by atoms with van der Waals surface area (Å²) in [5.41, 5.74) is 2.87. The van der Waals surface area contributed by atoms with Crippen molar-refractivity contribution in [3.8, 4) is 17.0 Å².